The molecule has 1 N–H and O–H groups in total. The predicted octanol–water partition coefficient (Wildman–Crippen LogP) is 1.48. The fraction of sp³-hybridized carbons (Fsp3) is 0.333. The van der Waals surface area contributed by atoms with E-state index in [-0.39, 0.29) is 13.2 Å². The minimum Gasteiger partial charge on any atom is -0.479 e. The molecule has 0 unspecified atom stereocenters. The lowest BCUT2D eigenvalue weighted by Gasteiger charge is -2.08. The van der Waals surface area contributed by atoms with Gasteiger partial charge in [0.05, 0.1) is 6.54 Å². The number of carbonyl (C=O) groups excluding carboxylic acids is 1. The molecular formula is C12H13NO4. The number of rotatable bonds is 3. The topological polar surface area (TPSA) is 66.6 Å². The molecule has 90 valence electrons. The largest absolute Gasteiger partial charge is 0.479 e. The van der Waals surface area contributed by atoms with Crippen LogP contribution >= 0.6 is 0 Å². The fourth-order valence-corrected chi connectivity index (χ4v) is 1.52. The van der Waals surface area contributed by atoms with Crippen molar-refractivity contribution in [1.82, 2.24) is 4.90 Å². The number of ether oxygens (including phenoxy) is 1. The van der Waals surface area contributed by atoms with Crippen molar-refractivity contribution in [3.05, 3.63) is 35.9 Å². The molecule has 1 atom stereocenters. The Balaban J connectivity index is 1.86. The summed E-state index contributed by atoms with van der Waals surface area (Å²) in [7, 11) is 0. The van der Waals surface area contributed by atoms with Gasteiger partial charge in [-0.1, -0.05) is 30.3 Å². The number of carbonyl (C=O) groups is 2. The Bertz CT molecular complexity index is 445. The molecule has 0 spiro atoms. The highest BCUT2D eigenvalue weighted by Gasteiger charge is 2.58. The summed E-state index contributed by atoms with van der Waals surface area (Å²) in [6.07, 6.45) is -0.584. The van der Waals surface area contributed by atoms with Gasteiger partial charge in [-0.15, -0.1) is 0 Å². The summed E-state index contributed by atoms with van der Waals surface area (Å²) in [5, 5.41) is 8.87. The van der Waals surface area contributed by atoms with Crippen molar-refractivity contribution < 1.29 is 19.4 Å². The van der Waals surface area contributed by atoms with Crippen LogP contribution in [0.15, 0.2) is 30.3 Å². The van der Waals surface area contributed by atoms with Gasteiger partial charge in [-0.3, -0.25) is 4.90 Å². The van der Waals surface area contributed by atoms with Crippen LogP contribution in [0.2, 0.25) is 0 Å². The average molecular weight is 235 g/mol. The summed E-state index contributed by atoms with van der Waals surface area (Å²) < 4.78 is 5.02. The minimum atomic E-state index is -1.09. The van der Waals surface area contributed by atoms with E-state index in [0.29, 0.717) is 0 Å². The van der Waals surface area contributed by atoms with Crippen LogP contribution in [0.4, 0.5) is 4.79 Å². The molecule has 17 heavy (non-hydrogen) atoms. The Hall–Kier alpha value is -2.04. The second-order valence-electron chi connectivity index (χ2n) is 4.21. The lowest BCUT2D eigenvalue weighted by atomic mass is 10.2. The molecule has 0 saturated carbocycles. The molecule has 1 aromatic carbocycles. The van der Waals surface area contributed by atoms with E-state index in [1.165, 1.54) is 11.8 Å². The molecule has 0 aliphatic carbocycles. The molecule has 0 radical (unpaired) electrons. The summed E-state index contributed by atoms with van der Waals surface area (Å²) in [6.45, 7) is 1.86. The molecule has 1 aliphatic rings. The van der Waals surface area contributed by atoms with E-state index in [1.54, 1.807) is 0 Å². The predicted molar refractivity (Wildman–Crippen MR) is 59.4 cm³/mol. The lowest BCUT2D eigenvalue weighted by molar-refractivity contribution is -0.140. The van der Waals surface area contributed by atoms with Gasteiger partial charge in [0.1, 0.15) is 6.61 Å². The van der Waals surface area contributed by atoms with Crippen LogP contribution in [-0.2, 0) is 16.1 Å². The lowest BCUT2D eigenvalue weighted by Crippen LogP contribution is -2.29. The summed E-state index contributed by atoms with van der Waals surface area (Å²) in [6, 6.07) is 9.25. The van der Waals surface area contributed by atoms with Crippen molar-refractivity contribution >= 4 is 12.1 Å². The maximum atomic E-state index is 11.5. The van der Waals surface area contributed by atoms with Crippen LogP contribution in [0.1, 0.15) is 12.5 Å². The second kappa shape index (κ2) is 4.08. The van der Waals surface area contributed by atoms with Crippen LogP contribution < -0.4 is 0 Å². The number of carboxylic acid groups (broad SMARTS) is 1. The number of carboxylic acids is 1. The van der Waals surface area contributed by atoms with E-state index in [4.69, 9.17) is 9.84 Å². The monoisotopic (exact) mass is 235 g/mol. The highest BCUT2D eigenvalue weighted by molar-refractivity contribution is 5.89. The fourth-order valence-electron chi connectivity index (χ4n) is 1.52. The normalized spacial score (nSPS) is 22.1. The highest BCUT2D eigenvalue weighted by atomic mass is 16.6. The van der Waals surface area contributed by atoms with Gasteiger partial charge in [0.15, 0.2) is 5.54 Å². The molecule has 5 heteroatoms. The van der Waals surface area contributed by atoms with E-state index in [1.807, 2.05) is 30.3 Å². The Morgan fingerprint density at radius 2 is 2.06 bits per heavy atom. The molecule has 1 amide bonds. The molecule has 0 bridgehead atoms. The number of nitrogens with zero attached hydrogens (tertiary/aromatic N) is 1. The van der Waals surface area contributed by atoms with Crippen LogP contribution in [0, 0.1) is 0 Å². The van der Waals surface area contributed by atoms with Crippen LogP contribution in [0.3, 0.4) is 0 Å². The van der Waals surface area contributed by atoms with Crippen molar-refractivity contribution in [1.29, 1.82) is 0 Å². The molecule has 2 rings (SSSR count). The van der Waals surface area contributed by atoms with Gasteiger partial charge in [0, 0.05) is 0 Å². The Morgan fingerprint density at radius 1 is 1.41 bits per heavy atom. The Kier molecular flexibility index (Phi) is 2.75. The average Bonchev–Trinajstić information content (AvgIpc) is 3.02. The van der Waals surface area contributed by atoms with Crippen LogP contribution in [-0.4, -0.2) is 34.2 Å². The maximum Gasteiger partial charge on any atom is 0.411 e. The minimum absolute atomic E-state index is 0.159. The Morgan fingerprint density at radius 3 is 2.59 bits per heavy atom. The van der Waals surface area contributed by atoms with E-state index in [2.05, 4.69) is 0 Å². The van der Waals surface area contributed by atoms with Crippen LogP contribution in [0.25, 0.3) is 0 Å². The molecular weight excluding hydrogens is 222 g/mol. The molecule has 1 fully saturated rings. The van der Waals surface area contributed by atoms with Crippen molar-refractivity contribution in [2.75, 3.05) is 6.54 Å². The summed E-state index contributed by atoms with van der Waals surface area (Å²) >= 11 is 0. The van der Waals surface area contributed by atoms with Crippen molar-refractivity contribution in [2.24, 2.45) is 0 Å². The zero-order valence-electron chi connectivity index (χ0n) is 9.42. The van der Waals surface area contributed by atoms with Crippen molar-refractivity contribution in [2.45, 2.75) is 19.1 Å². The second-order valence-corrected chi connectivity index (χ2v) is 4.21. The first kappa shape index (κ1) is 11.4. The number of hydrogen-bond donors (Lipinski definition) is 1. The number of hydrogen-bond acceptors (Lipinski definition) is 3. The number of amides is 1. The quantitative estimate of drug-likeness (QED) is 0.806. The smallest absolute Gasteiger partial charge is 0.411 e. The molecule has 1 aromatic rings. The maximum absolute atomic E-state index is 11.5. The first-order chi connectivity index (χ1) is 8.04. The van der Waals surface area contributed by atoms with E-state index < -0.39 is 17.6 Å². The summed E-state index contributed by atoms with van der Waals surface area (Å²) in [4.78, 5) is 23.6. The SMILES string of the molecule is C[C@]1(C(=O)O)CN1C(=O)OCc1ccccc1. The van der Waals surface area contributed by atoms with Gasteiger partial charge in [-0.2, -0.15) is 0 Å². The first-order valence-electron chi connectivity index (χ1n) is 5.26. The highest BCUT2D eigenvalue weighted by Crippen LogP contribution is 2.32. The molecule has 1 heterocycles. The van der Waals surface area contributed by atoms with E-state index in [9.17, 15) is 9.59 Å². The van der Waals surface area contributed by atoms with Crippen molar-refractivity contribution in [3.8, 4) is 0 Å². The molecule has 5 nitrogen and oxygen atoms in total. The van der Waals surface area contributed by atoms with E-state index in [0.717, 1.165) is 5.56 Å². The Labute approximate surface area is 98.6 Å². The zero-order valence-corrected chi connectivity index (χ0v) is 9.42. The van der Waals surface area contributed by atoms with Gasteiger partial charge in [-0.25, -0.2) is 9.59 Å². The van der Waals surface area contributed by atoms with Crippen molar-refractivity contribution in [3.63, 3.8) is 0 Å². The third-order valence-corrected chi connectivity index (χ3v) is 2.84. The molecule has 1 saturated heterocycles. The third-order valence-electron chi connectivity index (χ3n) is 2.84. The van der Waals surface area contributed by atoms with Crippen LogP contribution in [0.5, 0.6) is 0 Å². The number of aliphatic carboxylic acids is 1. The van der Waals surface area contributed by atoms with Gasteiger partial charge in [0.2, 0.25) is 0 Å². The zero-order chi connectivity index (χ0) is 12.5. The summed E-state index contributed by atoms with van der Waals surface area (Å²) in [5.74, 6) is -1.01. The standard InChI is InChI=1S/C12H13NO4/c1-12(10(14)15)8-13(12)11(16)17-7-9-5-3-2-4-6-9/h2-6H,7-8H2,1H3,(H,14,15)/t12-,13?/m1/s1. The third kappa shape index (κ3) is 2.22. The number of benzene rings is 1. The van der Waals surface area contributed by atoms with Gasteiger partial charge in [-0.05, 0) is 12.5 Å². The van der Waals surface area contributed by atoms with Gasteiger partial charge >= 0.3 is 12.1 Å². The molecule has 0 aromatic heterocycles. The summed E-state index contributed by atoms with van der Waals surface area (Å²) in [5.41, 5.74) is -0.215. The van der Waals surface area contributed by atoms with Gasteiger partial charge in [0.25, 0.3) is 0 Å². The first-order valence-corrected chi connectivity index (χ1v) is 5.26. The molecule has 1 aliphatic heterocycles. The van der Waals surface area contributed by atoms with E-state index >= 15 is 0 Å². The van der Waals surface area contributed by atoms with Gasteiger partial charge < -0.3 is 9.84 Å².